The standard InChI is InChI=1S/C14H21N3O3/c1-5-17(8-13(18)15-9(2)3)12-7-11(14(19)20)6-10(4)16-12/h6-7,9H,5,8H2,1-4H3,(H,15,18)(H,19,20). The van der Waals surface area contributed by atoms with Crippen LogP contribution in [0.25, 0.3) is 0 Å². The monoisotopic (exact) mass is 279 g/mol. The normalized spacial score (nSPS) is 10.4. The van der Waals surface area contributed by atoms with E-state index in [1.807, 2.05) is 20.8 Å². The van der Waals surface area contributed by atoms with Crippen molar-refractivity contribution in [2.24, 2.45) is 0 Å². The molecule has 6 nitrogen and oxygen atoms in total. The summed E-state index contributed by atoms with van der Waals surface area (Å²) < 4.78 is 0. The number of nitrogens with zero attached hydrogens (tertiary/aromatic N) is 2. The molecule has 6 heteroatoms. The van der Waals surface area contributed by atoms with Gasteiger partial charge in [-0.15, -0.1) is 0 Å². The number of hydrogen-bond acceptors (Lipinski definition) is 4. The van der Waals surface area contributed by atoms with Crippen molar-refractivity contribution >= 4 is 17.7 Å². The second-order valence-corrected chi connectivity index (χ2v) is 4.90. The number of rotatable bonds is 6. The lowest BCUT2D eigenvalue weighted by atomic mass is 10.2. The van der Waals surface area contributed by atoms with Gasteiger partial charge < -0.3 is 15.3 Å². The zero-order valence-electron chi connectivity index (χ0n) is 12.3. The van der Waals surface area contributed by atoms with E-state index in [1.54, 1.807) is 11.8 Å². The number of pyridine rings is 1. The summed E-state index contributed by atoms with van der Waals surface area (Å²) in [4.78, 5) is 28.9. The van der Waals surface area contributed by atoms with Crippen molar-refractivity contribution in [3.8, 4) is 0 Å². The average molecular weight is 279 g/mol. The smallest absolute Gasteiger partial charge is 0.335 e. The highest BCUT2D eigenvalue weighted by molar-refractivity contribution is 5.89. The van der Waals surface area contributed by atoms with Crippen molar-refractivity contribution in [1.29, 1.82) is 0 Å². The van der Waals surface area contributed by atoms with Gasteiger partial charge in [0.1, 0.15) is 5.82 Å². The number of aromatic nitrogens is 1. The van der Waals surface area contributed by atoms with Crippen molar-refractivity contribution in [3.05, 3.63) is 23.4 Å². The number of aromatic carboxylic acids is 1. The van der Waals surface area contributed by atoms with Gasteiger partial charge in [-0.2, -0.15) is 0 Å². The van der Waals surface area contributed by atoms with Crippen LogP contribution in [0.4, 0.5) is 5.82 Å². The third-order valence-corrected chi connectivity index (χ3v) is 2.68. The second-order valence-electron chi connectivity index (χ2n) is 4.90. The van der Waals surface area contributed by atoms with Crippen LogP contribution in [0, 0.1) is 6.92 Å². The second kappa shape index (κ2) is 6.88. The number of carboxylic acid groups (broad SMARTS) is 1. The molecule has 0 fully saturated rings. The van der Waals surface area contributed by atoms with Crippen LogP contribution in [0.2, 0.25) is 0 Å². The fraction of sp³-hybridized carbons (Fsp3) is 0.500. The van der Waals surface area contributed by atoms with Crippen LogP contribution in [0.3, 0.4) is 0 Å². The molecule has 0 unspecified atom stereocenters. The molecule has 0 bridgehead atoms. The zero-order chi connectivity index (χ0) is 15.3. The lowest BCUT2D eigenvalue weighted by molar-refractivity contribution is -0.120. The fourth-order valence-corrected chi connectivity index (χ4v) is 1.83. The average Bonchev–Trinajstić information content (AvgIpc) is 2.34. The van der Waals surface area contributed by atoms with Gasteiger partial charge in [-0.25, -0.2) is 9.78 Å². The molecular formula is C14H21N3O3. The summed E-state index contributed by atoms with van der Waals surface area (Å²) in [5.41, 5.74) is 0.790. The highest BCUT2D eigenvalue weighted by Gasteiger charge is 2.14. The summed E-state index contributed by atoms with van der Waals surface area (Å²) in [5, 5.41) is 11.9. The Kier molecular flexibility index (Phi) is 5.49. The van der Waals surface area contributed by atoms with Gasteiger partial charge in [0.15, 0.2) is 0 Å². The molecule has 1 aromatic rings. The van der Waals surface area contributed by atoms with Crippen LogP contribution in [-0.2, 0) is 4.79 Å². The SMILES string of the molecule is CCN(CC(=O)NC(C)C)c1cc(C(=O)O)cc(C)n1. The zero-order valence-corrected chi connectivity index (χ0v) is 12.3. The fourth-order valence-electron chi connectivity index (χ4n) is 1.83. The molecule has 1 aromatic heterocycles. The molecule has 0 aliphatic carbocycles. The number of carbonyl (C=O) groups is 2. The van der Waals surface area contributed by atoms with E-state index in [9.17, 15) is 9.59 Å². The van der Waals surface area contributed by atoms with Gasteiger partial charge in [0, 0.05) is 18.3 Å². The molecule has 0 spiro atoms. The number of carboxylic acids is 1. The lowest BCUT2D eigenvalue weighted by Gasteiger charge is -2.22. The topological polar surface area (TPSA) is 82.5 Å². The highest BCUT2D eigenvalue weighted by Crippen LogP contribution is 2.15. The molecule has 1 amide bonds. The molecule has 0 aliphatic rings. The summed E-state index contributed by atoms with van der Waals surface area (Å²) in [7, 11) is 0. The third-order valence-electron chi connectivity index (χ3n) is 2.68. The van der Waals surface area contributed by atoms with Crippen molar-refractivity contribution in [1.82, 2.24) is 10.3 Å². The number of aryl methyl sites for hydroxylation is 1. The largest absolute Gasteiger partial charge is 0.478 e. The number of anilines is 1. The van der Waals surface area contributed by atoms with Crippen molar-refractivity contribution in [2.75, 3.05) is 18.0 Å². The van der Waals surface area contributed by atoms with E-state index in [-0.39, 0.29) is 24.1 Å². The lowest BCUT2D eigenvalue weighted by Crippen LogP contribution is -2.40. The van der Waals surface area contributed by atoms with Gasteiger partial charge in [-0.3, -0.25) is 4.79 Å². The first kappa shape index (κ1) is 15.9. The van der Waals surface area contributed by atoms with Gasteiger partial charge in [0.05, 0.1) is 12.1 Å². The molecule has 1 rings (SSSR count). The van der Waals surface area contributed by atoms with Gasteiger partial charge >= 0.3 is 5.97 Å². The van der Waals surface area contributed by atoms with E-state index in [0.29, 0.717) is 18.1 Å². The number of nitrogens with one attached hydrogen (secondary N) is 1. The van der Waals surface area contributed by atoms with Gasteiger partial charge in [-0.05, 0) is 39.8 Å². The Bertz CT molecular complexity index is 500. The van der Waals surface area contributed by atoms with Crippen LogP contribution < -0.4 is 10.2 Å². The Balaban J connectivity index is 2.94. The van der Waals surface area contributed by atoms with E-state index < -0.39 is 5.97 Å². The molecule has 0 aromatic carbocycles. The van der Waals surface area contributed by atoms with E-state index in [4.69, 9.17) is 5.11 Å². The molecule has 0 atom stereocenters. The van der Waals surface area contributed by atoms with Crippen molar-refractivity contribution < 1.29 is 14.7 Å². The maximum Gasteiger partial charge on any atom is 0.335 e. The predicted molar refractivity (Wildman–Crippen MR) is 77.1 cm³/mol. The molecule has 1 heterocycles. The third kappa shape index (κ3) is 4.53. The first-order valence-corrected chi connectivity index (χ1v) is 6.59. The van der Waals surface area contributed by atoms with E-state index in [1.165, 1.54) is 12.1 Å². The van der Waals surface area contributed by atoms with Crippen LogP contribution >= 0.6 is 0 Å². The predicted octanol–water partition coefficient (Wildman–Crippen LogP) is 1.44. The van der Waals surface area contributed by atoms with Crippen molar-refractivity contribution in [3.63, 3.8) is 0 Å². The Morgan fingerprint density at radius 2 is 2.05 bits per heavy atom. The first-order valence-electron chi connectivity index (χ1n) is 6.59. The Labute approximate surface area is 118 Å². The summed E-state index contributed by atoms with van der Waals surface area (Å²) in [6.45, 7) is 8.14. The molecule has 0 aliphatic heterocycles. The molecule has 0 radical (unpaired) electrons. The molecule has 110 valence electrons. The summed E-state index contributed by atoms with van der Waals surface area (Å²) in [6.07, 6.45) is 0. The summed E-state index contributed by atoms with van der Waals surface area (Å²) in [6, 6.07) is 3.07. The van der Waals surface area contributed by atoms with Gasteiger partial charge in [0.25, 0.3) is 0 Å². The number of carbonyl (C=O) groups excluding carboxylic acids is 1. The molecular weight excluding hydrogens is 258 g/mol. The van der Waals surface area contributed by atoms with Crippen LogP contribution in [-0.4, -0.2) is 41.1 Å². The molecule has 0 saturated heterocycles. The number of hydrogen-bond donors (Lipinski definition) is 2. The summed E-state index contributed by atoms with van der Waals surface area (Å²) in [5.74, 6) is -0.606. The Morgan fingerprint density at radius 1 is 1.40 bits per heavy atom. The minimum absolute atomic E-state index is 0.0706. The van der Waals surface area contributed by atoms with Crippen molar-refractivity contribution in [2.45, 2.75) is 33.7 Å². The van der Waals surface area contributed by atoms with Gasteiger partial charge in [-0.1, -0.05) is 0 Å². The van der Waals surface area contributed by atoms with Crippen LogP contribution in [0.15, 0.2) is 12.1 Å². The quantitative estimate of drug-likeness (QED) is 0.823. The maximum atomic E-state index is 11.8. The van der Waals surface area contributed by atoms with E-state index >= 15 is 0 Å². The van der Waals surface area contributed by atoms with E-state index in [0.717, 1.165) is 0 Å². The molecule has 0 saturated carbocycles. The van der Waals surface area contributed by atoms with Crippen LogP contribution in [0.5, 0.6) is 0 Å². The van der Waals surface area contributed by atoms with Gasteiger partial charge in [0.2, 0.25) is 5.91 Å². The van der Waals surface area contributed by atoms with E-state index in [2.05, 4.69) is 10.3 Å². The Hall–Kier alpha value is -2.11. The summed E-state index contributed by atoms with van der Waals surface area (Å²) >= 11 is 0. The number of amides is 1. The Morgan fingerprint density at radius 3 is 2.55 bits per heavy atom. The number of likely N-dealkylation sites (N-methyl/N-ethyl adjacent to an activating group) is 1. The molecule has 2 N–H and O–H groups in total. The first-order chi connectivity index (χ1) is 9.33. The van der Waals surface area contributed by atoms with Crippen LogP contribution in [0.1, 0.15) is 36.8 Å². The minimum atomic E-state index is -1.00. The molecule has 20 heavy (non-hydrogen) atoms. The minimum Gasteiger partial charge on any atom is -0.478 e. The maximum absolute atomic E-state index is 11.8. The highest BCUT2D eigenvalue weighted by atomic mass is 16.4.